The second-order valence-electron chi connectivity index (χ2n) is 15.2. The van der Waals surface area contributed by atoms with Gasteiger partial charge in [0.15, 0.2) is 0 Å². The fraction of sp³-hybridized carbons (Fsp3) is 0. The van der Waals surface area contributed by atoms with Crippen LogP contribution >= 0.6 is 0 Å². The highest BCUT2D eigenvalue weighted by molar-refractivity contribution is 6.34. The van der Waals surface area contributed by atoms with Crippen LogP contribution < -0.4 is 9.80 Å². The zero-order valence-corrected chi connectivity index (χ0v) is 33.0. The third-order valence-corrected chi connectivity index (χ3v) is 11.7. The predicted molar refractivity (Wildman–Crippen MR) is 257 cm³/mol. The lowest BCUT2D eigenvalue weighted by atomic mass is 9.81. The average molecular weight is 765 g/mol. The van der Waals surface area contributed by atoms with Crippen molar-refractivity contribution in [2.45, 2.75) is 0 Å². The second kappa shape index (κ2) is 15.1. The molecule has 0 atom stereocenters. The fourth-order valence-electron chi connectivity index (χ4n) is 9.26. The molecular weight excluding hydrogens is 725 g/mol. The zero-order chi connectivity index (χ0) is 39.8. The smallest absolute Gasteiger partial charge is 0.0546 e. The summed E-state index contributed by atoms with van der Waals surface area (Å²) < 4.78 is 0. The third-order valence-electron chi connectivity index (χ3n) is 11.7. The lowest BCUT2D eigenvalue weighted by Crippen LogP contribution is -2.11. The van der Waals surface area contributed by atoms with E-state index in [0.717, 1.165) is 34.1 Å². The van der Waals surface area contributed by atoms with Crippen molar-refractivity contribution in [3.05, 3.63) is 243 Å². The van der Waals surface area contributed by atoms with E-state index in [1.165, 1.54) is 65.3 Å². The summed E-state index contributed by atoms with van der Waals surface area (Å²) in [4.78, 5) is 4.84. The lowest BCUT2D eigenvalue weighted by Gasteiger charge is -2.30. The van der Waals surface area contributed by atoms with E-state index in [4.69, 9.17) is 0 Å². The predicted octanol–water partition coefficient (Wildman–Crippen LogP) is 16.6. The molecule has 0 saturated carbocycles. The molecule has 60 heavy (non-hydrogen) atoms. The highest BCUT2D eigenvalue weighted by Gasteiger charge is 2.26. The van der Waals surface area contributed by atoms with Gasteiger partial charge < -0.3 is 9.80 Å². The van der Waals surface area contributed by atoms with Crippen LogP contribution in [0.25, 0.3) is 65.3 Å². The first-order valence-electron chi connectivity index (χ1n) is 20.6. The van der Waals surface area contributed by atoms with E-state index >= 15 is 0 Å². The van der Waals surface area contributed by atoms with Crippen LogP contribution in [-0.2, 0) is 0 Å². The van der Waals surface area contributed by atoms with E-state index in [0.29, 0.717) is 0 Å². The van der Waals surface area contributed by atoms with Gasteiger partial charge in [0.2, 0.25) is 0 Å². The molecule has 2 nitrogen and oxygen atoms in total. The topological polar surface area (TPSA) is 6.48 Å². The molecule has 0 heterocycles. The Kier molecular flexibility index (Phi) is 8.87. The minimum atomic E-state index is 1.11. The first-order chi connectivity index (χ1) is 29.8. The minimum Gasteiger partial charge on any atom is -0.310 e. The van der Waals surface area contributed by atoms with E-state index < -0.39 is 0 Å². The van der Waals surface area contributed by atoms with E-state index in [9.17, 15) is 0 Å². The fourth-order valence-corrected chi connectivity index (χ4v) is 9.26. The van der Waals surface area contributed by atoms with Crippen LogP contribution in [-0.4, -0.2) is 0 Å². The van der Waals surface area contributed by atoms with Gasteiger partial charge >= 0.3 is 0 Å². The van der Waals surface area contributed by atoms with E-state index in [1.54, 1.807) is 0 Å². The molecule has 11 rings (SSSR count). The highest BCUT2D eigenvalue weighted by Crippen LogP contribution is 2.53. The van der Waals surface area contributed by atoms with Gasteiger partial charge in [-0.3, -0.25) is 0 Å². The maximum absolute atomic E-state index is 2.47. The molecule has 0 fully saturated rings. The molecule has 0 aliphatic carbocycles. The van der Waals surface area contributed by atoms with Crippen molar-refractivity contribution in [3.8, 4) is 22.3 Å². The molecular formula is C58H40N2. The Morgan fingerprint density at radius 3 is 0.767 bits per heavy atom. The summed E-state index contributed by atoms with van der Waals surface area (Å²) in [6.45, 7) is 0. The molecule has 0 aliphatic heterocycles. The molecule has 0 amide bonds. The van der Waals surface area contributed by atoms with Crippen molar-refractivity contribution in [1.29, 1.82) is 0 Å². The van der Waals surface area contributed by atoms with Gasteiger partial charge in [-0.1, -0.05) is 182 Å². The zero-order valence-electron chi connectivity index (χ0n) is 33.0. The van der Waals surface area contributed by atoms with Gasteiger partial charge in [-0.15, -0.1) is 0 Å². The van der Waals surface area contributed by atoms with Crippen LogP contribution in [0, 0.1) is 0 Å². The normalized spacial score (nSPS) is 11.3. The van der Waals surface area contributed by atoms with Crippen LogP contribution in [0.2, 0.25) is 0 Å². The molecule has 0 N–H and O–H groups in total. The summed E-state index contributed by atoms with van der Waals surface area (Å²) in [6.07, 6.45) is 0. The SMILES string of the molecule is c1ccc(-c2c3cc(N(c4ccccc4)c4ccccc4)c4ccccc4c3c(-c3ccccc3)c3cc(N(c4ccccc4)c4ccccc4)c4ccccc4c23)cc1. The molecule has 0 aliphatic rings. The van der Waals surface area contributed by atoms with Gasteiger partial charge in [-0.2, -0.15) is 0 Å². The van der Waals surface area contributed by atoms with Crippen LogP contribution in [0.1, 0.15) is 0 Å². The lowest BCUT2D eigenvalue weighted by molar-refractivity contribution is 1.30. The van der Waals surface area contributed by atoms with Crippen molar-refractivity contribution >= 4 is 77.2 Å². The quantitative estimate of drug-likeness (QED) is 0.112. The van der Waals surface area contributed by atoms with Crippen LogP contribution in [0.5, 0.6) is 0 Å². The van der Waals surface area contributed by atoms with Crippen LogP contribution in [0.4, 0.5) is 34.1 Å². The van der Waals surface area contributed by atoms with E-state index in [-0.39, 0.29) is 0 Å². The highest BCUT2D eigenvalue weighted by atomic mass is 15.1. The van der Waals surface area contributed by atoms with Crippen molar-refractivity contribution in [1.82, 2.24) is 0 Å². The van der Waals surface area contributed by atoms with E-state index in [2.05, 4.69) is 252 Å². The van der Waals surface area contributed by atoms with Crippen molar-refractivity contribution < 1.29 is 0 Å². The van der Waals surface area contributed by atoms with Gasteiger partial charge in [0, 0.05) is 33.5 Å². The average Bonchev–Trinajstić information content (AvgIpc) is 3.33. The molecule has 0 spiro atoms. The number of fused-ring (bicyclic) bond motifs is 6. The van der Waals surface area contributed by atoms with Gasteiger partial charge in [-0.05, 0) is 115 Å². The summed E-state index contributed by atoms with van der Waals surface area (Å²) in [5, 5.41) is 9.67. The molecule has 11 aromatic rings. The molecule has 0 bridgehead atoms. The molecule has 0 radical (unpaired) electrons. The largest absolute Gasteiger partial charge is 0.310 e. The minimum absolute atomic E-state index is 1.11. The molecule has 0 aromatic heterocycles. The maximum Gasteiger partial charge on any atom is 0.0546 e. The standard InChI is InChI=1S/C58H40N2/c1-7-23-41(24-8-1)55-51-39-53(59(43-27-11-3-12-28-43)44-29-13-4-14-30-44)48-36-20-22-38-50(48)58(51)56(42-25-9-2-10-26-42)52-40-54(47-35-19-21-37-49(47)57(52)55)60(45-31-15-5-16-32-45)46-33-17-6-18-34-46/h1-40H. The first-order valence-corrected chi connectivity index (χ1v) is 20.6. The van der Waals surface area contributed by atoms with Crippen molar-refractivity contribution in [2.24, 2.45) is 0 Å². The molecule has 2 heteroatoms. The van der Waals surface area contributed by atoms with Gasteiger partial charge in [-0.25, -0.2) is 0 Å². The summed E-state index contributed by atoms with van der Waals surface area (Å²) in [6, 6.07) is 88.0. The number of nitrogens with zero attached hydrogens (tertiary/aromatic N) is 2. The molecule has 0 unspecified atom stereocenters. The Hall–Kier alpha value is -7.94. The molecule has 11 aromatic carbocycles. The van der Waals surface area contributed by atoms with Crippen LogP contribution in [0.3, 0.4) is 0 Å². The summed E-state index contributed by atoms with van der Waals surface area (Å²) in [7, 11) is 0. The maximum atomic E-state index is 2.47. The Morgan fingerprint density at radius 1 is 0.217 bits per heavy atom. The Balaban J connectivity index is 1.38. The monoisotopic (exact) mass is 764 g/mol. The number of benzene rings is 11. The van der Waals surface area contributed by atoms with Gasteiger partial charge in [0.25, 0.3) is 0 Å². The summed E-state index contributed by atoms with van der Waals surface area (Å²) >= 11 is 0. The number of anilines is 6. The molecule has 0 saturated heterocycles. The van der Waals surface area contributed by atoms with Crippen LogP contribution in [0.15, 0.2) is 243 Å². The Morgan fingerprint density at radius 2 is 0.467 bits per heavy atom. The number of rotatable bonds is 8. The summed E-state index contributed by atoms with van der Waals surface area (Å²) in [5.74, 6) is 0. The Bertz CT molecular complexity index is 2970. The third kappa shape index (κ3) is 5.97. The van der Waals surface area contributed by atoms with Gasteiger partial charge in [0.1, 0.15) is 0 Å². The summed E-state index contributed by atoms with van der Waals surface area (Å²) in [5.41, 5.74) is 11.5. The number of hydrogen-bond acceptors (Lipinski definition) is 2. The van der Waals surface area contributed by atoms with Crippen molar-refractivity contribution in [2.75, 3.05) is 9.80 Å². The van der Waals surface area contributed by atoms with E-state index in [1.807, 2.05) is 0 Å². The van der Waals surface area contributed by atoms with Crippen molar-refractivity contribution in [3.63, 3.8) is 0 Å². The first kappa shape index (κ1) is 35.2. The molecule has 282 valence electrons. The number of hydrogen-bond donors (Lipinski definition) is 0. The van der Waals surface area contributed by atoms with Gasteiger partial charge in [0.05, 0.1) is 11.4 Å². The number of para-hydroxylation sites is 4. The Labute approximate surface area is 350 Å². The second-order valence-corrected chi connectivity index (χ2v) is 15.2.